The van der Waals surface area contributed by atoms with Crippen LogP contribution < -0.4 is 4.74 Å². The third-order valence-electron chi connectivity index (χ3n) is 5.76. The minimum Gasteiger partial charge on any atom is -0.495 e. The maximum atomic E-state index is 13.3. The number of hydrogen-bond donors (Lipinski definition) is 0. The average molecular weight is 446 g/mol. The van der Waals surface area contributed by atoms with Gasteiger partial charge in [0.25, 0.3) is 5.91 Å². The lowest BCUT2D eigenvalue weighted by molar-refractivity contribution is 0.0635. The van der Waals surface area contributed by atoms with Gasteiger partial charge in [0.15, 0.2) is 0 Å². The Hall–Kier alpha value is -2.42. The van der Waals surface area contributed by atoms with Crippen molar-refractivity contribution < 1.29 is 17.9 Å². The molecule has 3 rings (SSSR count). The molecule has 1 aliphatic rings. The van der Waals surface area contributed by atoms with Crippen LogP contribution in [0, 0.1) is 0 Å². The van der Waals surface area contributed by atoms with E-state index in [1.54, 1.807) is 17.0 Å². The van der Waals surface area contributed by atoms with Crippen LogP contribution in [0.25, 0.3) is 0 Å². The number of rotatable bonds is 7. The minimum absolute atomic E-state index is 0.000417. The molecule has 1 fully saturated rings. The van der Waals surface area contributed by atoms with Crippen LogP contribution >= 0.6 is 0 Å². The molecule has 168 valence electrons. The Morgan fingerprint density at radius 1 is 1.13 bits per heavy atom. The summed E-state index contributed by atoms with van der Waals surface area (Å²) in [6.07, 6.45) is 1.97. The van der Waals surface area contributed by atoms with E-state index in [9.17, 15) is 13.2 Å². The third kappa shape index (κ3) is 5.26. The van der Waals surface area contributed by atoms with Gasteiger partial charge >= 0.3 is 0 Å². The molecule has 0 aromatic heterocycles. The maximum absolute atomic E-state index is 13.3. The fourth-order valence-corrected chi connectivity index (χ4v) is 5.18. The first-order valence-electron chi connectivity index (χ1n) is 10.4. The standard InChI is InChI=1S/C23H31N3O4S/c1-24(2)20-11-8-14-26(17-20)23(27)19-12-13-21(30-4)22(15-19)31(28,29)25(3)16-18-9-6-5-7-10-18/h5-7,9-10,12-13,15,20H,8,11,14,16-17H2,1-4H3. The lowest BCUT2D eigenvalue weighted by Crippen LogP contribution is -2.47. The van der Waals surface area contributed by atoms with Crippen LogP contribution in [0.5, 0.6) is 5.75 Å². The molecule has 8 heteroatoms. The number of piperidine rings is 1. The average Bonchev–Trinajstić information content (AvgIpc) is 2.78. The highest BCUT2D eigenvalue weighted by atomic mass is 32.2. The van der Waals surface area contributed by atoms with Crippen molar-refractivity contribution in [1.82, 2.24) is 14.1 Å². The van der Waals surface area contributed by atoms with Crippen molar-refractivity contribution >= 4 is 15.9 Å². The molecule has 0 spiro atoms. The molecule has 0 saturated carbocycles. The van der Waals surface area contributed by atoms with Gasteiger partial charge in [-0.2, -0.15) is 4.31 Å². The first kappa shape index (κ1) is 23.2. The van der Waals surface area contributed by atoms with Crippen LogP contribution in [-0.2, 0) is 16.6 Å². The maximum Gasteiger partial charge on any atom is 0.253 e. The van der Waals surface area contributed by atoms with E-state index in [1.807, 2.05) is 44.4 Å². The number of carbonyl (C=O) groups is 1. The van der Waals surface area contributed by atoms with Crippen LogP contribution in [-0.4, -0.2) is 75.8 Å². The zero-order valence-corrected chi connectivity index (χ0v) is 19.4. The van der Waals surface area contributed by atoms with E-state index in [0.717, 1.165) is 18.4 Å². The Morgan fingerprint density at radius 2 is 1.84 bits per heavy atom. The Kier molecular flexibility index (Phi) is 7.35. The van der Waals surface area contributed by atoms with E-state index < -0.39 is 10.0 Å². The van der Waals surface area contributed by atoms with Gasteiger partial charge in [-0.1, -0.05) is 30.3 Å². The second kappa shape index (κ2) is 9.80. The molecule has 31 heavy (non-hydrogen) atoms. The smallest absolute Gasteiger partial charge is 0.253 e. The number of hydrogen-bond acceptors (Lipinski definition) is 5. The molecule has 2 aromatic carbocycles. The zero-order chi connectivity index (χ0) is 22.6. The molecule has 1 saturated heterocycles. The van der Waals surface area contributed by atoms with Gasteiger partial charge < -0.3 is 14.5 Å². The van der Waals surface area contributed by atoms with E-state index in [-0.39, 0.29) is 23.1 Å². The normalized spacial score (nSPS) is 17.2. The Labute approximate surface area is 185 Å². The van der Waals surface area contributed by atoms with E-state index in [0.29, 0.717) is 24.7 Å². The molecule has 0 bridgehead atoms. The number of amides is 1. The molecule has 0 N–H and O–H groups in total. The summed E-state index contributed by atoms with van der Waals surface area (Å²) in [6, 6.07) is 14.3. The van der Waals surface area contributed by atoms with Gasteiger partial charge in [-0.3, -0.25) is 4.79 Å². The lowest BCUT2D eigenvalue weighted by Gasteiger charge is -2.36. The molecule has 1 atom stereocenters. The van der Waals surface area contributed by atoms with E-state index in [1.165, 1.54) is 24.5 Å². The second-order valence-corrected chi connectivity index (χ2v) is 10.1. The van der Waals surface area contributed by atoms with Gasteiger partial charge in [0.05, 0.1) is 7.11 Å². The monoisotopic (exact) mass is 445 g/mol. The fourth-order valence-electron chi connectivity index (χ4n) is 3.85. The van der Waals surface area contributed by atoms with Crippen molar-refractivity contribution in [3.05, 3.63) is 59.7 Å². The first-order chi connectivity index (χ1) is 14.7. The highest BCUT2D eigenvalue weighted by molar-refractivity contribution is 7.89. The molecule has 1 heterocycles. The largest absolute Gasteiger partial charge is 0.495 e. The molecule has 0 aliphatic carbocycles. The number of sulfonamides is 1. The van der Waals surface area contributed by atoms with Crippen molar-refractivity contribution in [1.29, 1.82) is 0 Å². The quantitative estimate of drug-likeness (QED) is 0.655. The molecule has 1 unspecified atom stereocenters. The van der Waals surface area contributed by atoms with Crippen molar-refractivity contribution in [3.63, 3.8) is 0 Å². The summed E-state index contributed by atoms with van der Waals surface area (Å²) in [5, 5.41) is 0. The summed E-state index contributed by atoms with van der Waals surface area (Å²) in [5.74, 6) is 0.0673. The minimum atomic E-state index is -3.86. The summed E-state index contributed by atoms with van der Waals surface area (Å²) in [6.45, 7) is 1.53. The first-order valence-corrected chi connectivity index (χ1v) is 11.8. The highest BCUT2D eigenvalue weighted by Crippen LogP contribution is 2.29. The number of likely N-dealkylation sites (tertiary alicyclic amines) is 1. The van der Waals surface area contributed by atoms with E-state index in [2.05, 4.69) is 4.90 Å². The summed E-state index contributed by atoms with van der Waals surface area (Å²) in [5.41, 5.74) is 1.23. The zero-order valence-electron chi connectivity index (χ0n) is 18.6. The van der Waals surface area contributed by atoms with Crippen LogP contribution in [0.15, 0.2) is 53.4 Å². The van der Waals surface area contributed by atoms with E-state index in [4.69, 9.17) is 4.74 Å². The number of ether oxygens (including phenoxy) is 1. The number of benzene rings is 2. The molecular formula is C23H31N3O4S. The topological polar surface area (TPSA) is 70.2 Å². The fraction of sp³-hybridized carbons (Fsp3) is 0.435. The molecule has 1 aliphatic heterocycles. The second-order valence-electron chi connectivity index (χ2n) is 8.12. The van der Waals surface area contributed by atoms with Gasteiger partial charge in [-0.15, -0.1) is 0 Å². The van der Waals surface area contributed by atoms with Crippen LogP contribution in [0.3, 0.4) is 0 Å². The van der Waals surface area contributed by atoms with Gasteiger partial charge in [0.2, 0.25) is 10.0 Å². The van der Waals surface area contributed by atoms with Gasteiger partial charge in [-0.05, 0) is 50.7 Å². The summed E-state index contributed by atoms with van der Waals surface area (Å²) >= 11 is 0. The predicted molar refractivity (Wildman–Crippen MR) is 121 cm³/mol. The molecule has 2 aromatic rings. The number of carbonyl (C=O) groups excluding carboxylic acids is 1. The predicted octanol–water partition coefficient (Wildman–Crippen LogP) is 2.68. The third-order valence-corrected chi connectivity index (χ3v) is 7.59. The van der Waals surface area contributed by atoms with Crippen molar-refractivity contribution in [2.45, 2.75) is 30.3 Å². The van der Waals surface area contributed by atoms with Gasteiger partial charge in [0, 0.05) is 38.3 Å². The molecule has 7 nitrogen and oxygen atoms in total. The Balaban J connectivity index is 1.88. The van der Waals surface area contributed by atoms with Crippen LogP contribution in [0.1, 0.15) is 28.8 Å². The molecule has 1 amide bonds. The van der Waals surface area contributed by atoms with Gasteiger partial charge in [-0.25, -0.2) is 8.42 Å². The van der Waals surface area contributed by atoms with Crippen LogP contribution in [0.2, 0.25) is 0 Å². The molecular weight excluding hydrogens is 414 g/mol. The van der Waals surface area contributed by atoms with Crippen molar-refractivity contribution in [2.75, 3.05) is 41.3 Å². The van der Waals surface area contributed by atoms with Crippen molar-refractivity contribution in [3.8, 4) is 5.75 Å². The number of nitrogens with zero attached hydrogens (tertiary/aromatic N) is 3. The van der Waals surface area contributed by atoms with Crippen molar-refractivity contribution in [2.24, 2.45) is 0 Å². The lowest BCUT2D eigenvalue weighted by atomic mass is 10.0. The molecule has 0 radical (unpaired) electrons. The summed E-state index contributed by atoms with van der Waals surface area (Å²) in [7, 11) is 3.13. The Morgan fingerprint density at radius 3 is 2.48 bits per heavy atom. The SMILES string of the molecule is COc1ccc(C(=O)N2CCCC(N(C)C)C2)cc1S(=O)(=O)N(C)Cc1ccccc1. The number of methoxy groups -OCH3 is 1. The van der Waals surface area contributed by atoms with Crippen LogP contribution in [0.4, 0.5) is 0 Å². The number of likely N-dealkylation sites (N-methyl/N-ethyl adjacent to an activating group) is 1. The highest BCUT2D eigenvalue weighted by Gasteiger charge is 2.29. The van der Waals surface area contributed by atoms with E-state index >= 15 is 0 Å². The summed E-state index contributed by atoms with van der Waals surface area (Å²) < 4.78 is 33.2. The summed E-state index contributed by atoms with van der Waals surface area (Å²) in [4.78, 5) is 17.1. The van der Waals surface area contributed by atoms with Gasteiger partial charge in [0.1, 0.15) is 10.6 Å². The Bertz CT molecular complexity index is 1010.